The van der Waals surface area contributed by atoms with E-state index in [4.69, 9.17) is 7.48 Å². The molecule has 3 rings (SSSR count). The maximum absolute atomic E-state index is 14.3. The molecule has 0 aromatic carbocycles. The topological polar surface area (TPSA) is 98.2 Å². The van der Waals surface area contributed by atoms with Gasteiger partial charge in [0.05, 0.1) is 7.64 Å². The lowest BCUT2D eigenvalue weighted by atomic mass is 10.1. The van der Waals surface area contributed by atoms with E-state index < -0.39 is 28.4 Å². The summed E-state index contributed by atoms with van der Waals surface area (Å²) in [6.07, 6.45) is 2.69. The van der Waals surface area contributed by atoms with E-state index in [-0.39, 0.29) is 25.1 Å². The van der Waals surface area contributed by atoms with E-state index in [1.165, 1.54) is 43.7 Å². The van der Waals surface area contributed by atoms with Crippen LogP contribution in [0.5, 0.6) is 0 Å². The van der Waals surface area contributed by atoms with Crippen LogP contribution in [0, 0.1) is 5.95 Å². The quantitative estimate of drug-likeness (QED) is 0.651. The van der Waals surface area contributed by atoms with Gasteiger partial charge >= 0.3 is 6.09 Å². The SMILES string of the molecule is [2H]C([2H])(OC(=O)NC)c1cc(-c2cccnc2F)c(S(=O)(=O)c2cccnc2)s1. The van der Waals surface area contributed by atoms with E-state index in [0.29, 0.717) is 11.3 Å². The highest BCUT2D eigenvalue weighted by Crippen LogP contribution is 2.39. The minimum Gasteiger partial charge on any atom is -0.444 e. The summed E-state index contributed by atoms with van der Waals surface area (Å²) in [4.78, 5) is 18.4. The highest BCUT2D eigenvalue weighted by atomic mass is 32.2. The molecule has 0 aliphatic heterocycles. The molecule has 140 valence electrons. The van der Waals surface area contributed by atoms with Gasteiger partial charge in [-0.15, -0.1) is 11.3 Å². The smallest absolute Gasteiger partial charge is 0.407 e. The number of ether oxygens (including phenoxy) is 1. The summed E-state index contributed by atoms with van der Waals surface area (Å²) < 4.78 is 61.0. The van der Waals surface area contributed by atoms with Crippen molar-refractivity contribution in [3.05, 3.63) is 59.7 Å². The van der Waals surface area contributed by atoms with Crippen molar-refractivity contribution in [2.24, 2.45) is 0 Å². The van der Waals surface area contributed by atoms with E-state index in [1.807, 2.05) is 0 Å². The van der Waals surface area contributed by atoms with E-state index in [2.05, 4.69) is 15.3 Å². The van der Waals surface area contributed by atoms with E-state index >= 15 is 0 Å². The minimum atomic E-state index is -4.17. The lowest BCUT2D eigenvalue weighted by Crippen LogP contribution is -2.18. The van der Waals surface area contributed by atoms with Crippen molar-refractivity contribution >= 4 is 27.3 Å². The molecule has 10 heteroatoms. The molecule has 3 aromatic rings. The maximum Gasteiger partial charge on any atom is 0.407 e. The van der Waals surface area contributed by atoms with Crippen LogP contribution in [0.3, 0.4) is 0 Å². The van der Waals surface area contributed by atoms with Crippen molar-refractivity contribution in [1.82, 2.24) is 15.3 Å². The Balaban J connectivity index is 2.23. The first-order valence-corrected chi connectivity index (χ1v) is 9.78. The number of carbonyl (C=O) groups excluding carboxylic acids is 1. The number of hydrogen-bond acceptors (Lipinski definition) is 7. The average Bonchev–Trinajstić information content (AvgIpc) is 3.16. The fourth-order valence-electron chi connectivity index (χ4n) is 2.16. The van der Waals surface area contributed by atoms with Crippen molar-refractivity contribution in [3.8, 4) is 11.1 Å². The summed E-state index contributed by atoms with van der Waals surface area (Å²) in [7, 11) is -2.92. The van der Waals surface area contributed by atoms with Crippen LogP contribution in [0.1, 0.15) is 7.62 Å². The Morgan fingerprint density at radius 1 is 1.33 bits per heavy atom. The number of rotatable bonds is 5. The average molecular weight is 409 g/mol. The molecule has 3 aromatic heterocycles. The van der Waals surface area contributed by atoms with Crippen LogP contribution in [0.4, 0.5) is 9.18 Å². The molecule has 0 bridgehead atoms. The molecular weight excluding hydrogens is 393 g/mol. The van der Waals surface area contributed by atoms with E-state index in [1.54, 1.807) is 0 Å². The molecular formula is C17H14FN3O4S2. The third kappa shape index (κ3) is 3.96. The Bertz CT molecular complexity index is 1150. The zero-order chi connectivity index (χ0) is 21.2. The number of amides is 1. The number of thiophene rings is 1. The molecule has 0 fully saturated rings. The summed E-state index contributed by atoms with van der Waals surface area (Å²) in [5.41, 5.74) is -0.225. The van der Waals surface area contributed by atoms with Gasteiger partial charge in [0.15, 0.2) is 0 Å². The predicted octanol–water partition coefficient (Wildman–Crippen LogP) is 3.03. The molecule has 0 radical (unpaired) electrons. The first-order valence-electron chi connectivity index (χ1n) is 8.48. The van der Waals surface area contributed by atoms with E-state index in [9.17, 15) is 17.6 Å². The largest absolute Gasteiger partial charge is 0.444 e. The Kier molecular flexibility index (Phi) is 4.72. The summed E-state index contributed by atoms with van der Waals surface area (Å²) in [5, 5.41) is 2.12. The number of aromatic nitrogens is 2. The Morgan fingerprint density at radius 2 is 2.11 bits per heavy atom. The molecule has 27 heavy (non-hydrogen) atoms. The number of pyridine rings is 2. The number of halogens is 1. The van der Waals surface area contributed by atoms with Crippen LogP contribution in [0.15, 0.2) is 58.0 Å². The first-order chi connectivity index (χ1) is 13.7. The Hall–Kier alpha value is -2.85. The molecule has 0 aliphatic carbocycles. The van der Waals surface area contributed by atoms with Crippen LogP contribution in [0.25, 0.3) is 11.1 Å². The third-order valence-corrected chi connectivity index (χ3v) is 6.69. The van der Waals surface area contributed by atoms with Gasteiger partial charge in [-0.25, -0.2) is 18.2 Å². The van der Waals surface area contributed by atoms with Gasteiger partial charge in [-0.05, 0) is 30.3 Å². The minimum absolute atomic E-state index is 0.0937. The zero-order valence-corrected chi connectivity index (χ0v) is 15.5. The van der Waals surface area contributed by atoms with E-state index in [0.717, 1.165) is 12.3 Å². The van der Waals surface area contributed by atoms with Gasteiger partial charge in [0.1, 0.15) is 10.8 Å². The van der Waals surface area contributed by atoms with Gasteiger partial charge in [0, 0.05) is 41.6 Å². The molecule has 0 aliphatic rings. The standard InChI is InChI=1S/C17H14FN3O4S2/c1-19-17(22)25-10-11-8-14(13-5-3-7-21-15(13)18)16(26-11)27(23,24)12-4-2-6-20-9-12/h2-9H,10H2,1H3,(H,19,22)/i10D2. The number of alkyl carbamates (subject to hydrolysis) is 1. The molecule has 7 nitrogen and oxygen atoms in total. The maximum atomic E-state index is 14.3. The van der Waals surface area contributed by atoms with Gasteiger partial charge in [-0.3, -0.25) is 4.98 Å². The van der Waals surface area contributed by atoms with Gasteiger partial charge in [0.2, 0.25) is 15.8 Å². The molecule has 1 amide bonds. The van der Waals surface area contributed by atoms with Crippen LogP contribution < -0.4 is 5.32 Å². The predicted molar refractivity (Wildman–Crippen MR) is 96.4 cm³/mol. The van der Waals surface area contributed by atoms with Crippen LogP contribution in [0.2, 0.25) is 0 Å². The molecule has 0 atom stereocenters. The van der Waals surface area contributed by atoms with Gasteiger partial charge in [-0.1, -0.05) is 0 Å². The van der Waals surface area contributed by atoms with Gasteiger partial charge in [0.25, 0.3) is 0 Å². The number of nitrogens with zero attached hydrogens (tertiary/aromatic N) is 2. The normalized spacial score (nSPS) is 12.8. The summed E-state index contributed by atoms with van der Waals surface area (Å²) in [6, 6.07) is 6.63. The Labute approximate surface area is 161 Å². The monoisotopic (exact) mass is 409 g/mol. The van der Waals surface area contributed by atoms with Crippen LogP contribution in [-0.4, -0.2) is 31.5 Å². The van der Waals surface area contributed by atoms with Crippen molar-refractivity contribution < 1.29 is 25.1 Å². The fourth-order valence-corrected chi connectivity index (χ4v) is 5.03. The lowest BCUT2D eigenvalue weighted by Gasteiger charge is -2.06. The van der Waals surface area contributed by atoms with Gasteiger partial charge in [-0.2, -0.15) is 4.39 Å². The summed E-state index contributed by atoms with van der Waals surface area (Å²) >= 11 is 0.534. The van der Waals surface area contributed by atoms with Crippen LogP contribution in [-0.2, 0) is 21.1 Å². The number of nitrogens with one attached hydrogen (secondary N) is 1. The molecule has 0 spiro atoms. The lowest BCUT2D eigenvalue weighted by molar-refractivity contribution is 0.143. The highest BCUT2D eigenvalue weighted by Gasteiger charge is 2.27. The second kappa shape index (κ2) is 7.80. The Morgan fingerprint density at radius 3 is 2.78 bits per heavy atom. The fraction of sp³-hybridized carbons (Fsp3) is 0.118. The first kappa shape index (κ1) is 16.3. The van der Waals surface area contributed by atoms with Crippen molar-refractivity contribution in [2.45, 2.75) is 15.7 Å². The number of carbonyl (C=O) groups is 1. The molecule has 3 heterocycles. The van der Waals surface area contributed by atoms with Crippen molar-refractivity contribution in [2.75, 3.05) is 7.05 Å². The van der Waals surface area contributed by atoms with Crippen molar-refractivity contribution in [3.63, 3.8) is 0 Å². The number of hydrogen-bond donors (Lipinski definition) is 1. The number of sulfone groups is 1. The highest BCUT2D eigenvalue weighted by molar-refractivity contribution is 7.93. The van der Waals surface area contributed by atoms with Crippen molar-refractivity contribution in [1.29, 1.82) is 0 Å². The molecule has 0 unspecified atom stereocenters. The summed E-state index contributed by atoms with van der Waals surface area (Å²) in [5.74, 6) is -0.924. The zero-order valence-electron chi connectivity index (χ0n) is 15.8. The second-order valence-corrected chi connectivity index (χ2v) is 8.28. The second-order valence-electron chi connectivity index (χ2n) is 5.09. The molecule has 0 saturated heterocycles. The summed E-state index contributed by atoms with van der Waals surface area (Å²) in [6.45, 7) is -2.65. The molecule has 0 saturated carbocycles. The van der Waals surface area contributed by atoms with Gasteiger partial charge < -0.3 is 10.1 Å². The van der Waals surface area contributed by atoms with Crippen LogP contribution >= 0.6 is 11.3 Å². The molecule has 1 N–H and O–H groups in total. The third-order valence-electron chi connectivity index (χ3n) is 3.38.